The van der Waals surface area contributed by atoms with Crippen LogP contribution in [0.25, 0.3) is 0 Å². The molecule has 0 spiro atoms. The number of rotatable bonds is 0. The molecule has 1 aromatic rings. The standard InChI is InChI=1S/C9H8ClN/c10-9-3-1-2-7-4-5-11-6-8(7)9/h1-3,6H,4-5H2. The molecule has 0 amide bonds. The van der Waals surface area contributed by atoms with Gasteiger partial charge in [-0.25, -0.2) is 0 Å². The van der Waals surface area contributed by atoms with Crippen LogP contribution in [-0.2, 0) is 6.42 Å². The van der Waals surface area contributed by atoms with Crippen LogP contribution in [0.4, 0.5) is 0 Å². The Morgan fingerprint density at radius 2 is 2.27 bits per heavy atom. The summed E-state index contributed by atoms with van der Waals surface area (Å²) in [6, 6.07) is 5.99. The lowest BCUT2D eigenvalue weighted by Gasteiger charge is -2.09. The van der Waals surface area contributed by atoms with E-state index in [-0.39, 0.29) is 0 Å². The number of hydrogen-bond donors (Lipinski definition) is 0. The van der Waals surface area contributed by atoms with Crippen LogP contribution in [0.5, 0.6) is 0 Å². The molecule has 11 heavy (non-hydrogen) atoms. The van der Waals surface area contributed by atoms with Gasteiger partial charge < -0.3 is 0 Å². The first kappa shape index (κ1) is 6.86. The Morgan fingerprint density at radius 1 is 1.36 bits per heavy atom. The highest BCUT2D eigenvalue weighted by molar-refractivity contribution is 6.33. The van der Waals surface area contributed by atoms with E-state index in [1.165, 1.54) is 5.56 Å². The van der Waals surface area contributed by atoms with Gasteiger partial charge in [0.25, 0.3) is 0 Å². The van der Waals surface area contributed by atoms with Crippen LogP contribution in [-0.4, -0.2) is 12.8 Å². The molecule has 0 aromatic heterocycles. The van der Waals surface area contributed by atoms with Crippen LogP contribution in [0.15, 0.2) is 23.2 Å². The van der Waals surface area contributed by atoms with Gasteiger partial charge in [-0.05, 0) is 18.1 Å². The predicted octanol–water partition coefficient (Wildman–Crippen LogP) is 2.32. The molecule has 0 N–H and O–H groups in total. The molecule has 1 aromatic carbocycles. The zero-order valence-electron chi connectivity index (χ0n) is 6.05. The Balaban J connectivity index is 2.60. The Labute approximate surface area is 70.7 Å². The summed E-state index contributed by atoms with van der Waals surface area (Å²) in [6.45, 7) is 0.896. The molecule has 0 atom stereocenters. The summed E-state index contributed by atoms with van der Waals surface area (Å²) in [7, 11) is 0. The number of fused-ring (bicyclic) bond motifs is 1. The minimum atomic E-state index is 0.811. The monoisotopic (exact) mass is 165 g/mol. The fourth-order valence-electron chi connectivity index (χ4n) is 1.29. The summed E-state index contributed by atoms with van der Waals surface area (Å²) in [5.74, 6) is 0. The molecular weight excluding hydrogens is 158 g/mol. The van der Waals surface area contributed by atoms with Gasteiger partial charge in [0.15, 0.2) is 0 Å². The normalized spacial score (nSPS) is 14.6. The van der Waals surface area contributed by atoms with Crippen LogP contribution >= 0.6 is 11.6 Å². The molecule has 1 aliphatic rings. The highest BCUT2D eigenvalue weighted by atomic mass is 35.5. The summed E-state index contributed by atoms with van der Waals surface area (Å²) >= 11 is 5.95. The molecule has 1 heterocycles. The second-order valence-corrected chi connectivity index (χ2v) is 3.01. The average molecular weight is 166 g/mol. The highest BCUT2D eigenvalue weighted by Gasteiger charge is 2.06. The number of hydrogen-bond acceptors (Lipinski definition) is 1. The van der Waals surface area contributed by atoms with Gasteiger partial charge in [-0.15, -0.1) is 0 Å². The molecule has 1 aliphatic heterocycles. The Morgan fingerprint density at radius 3 is 3.09 bits per heavy atom. The maximum atomic E-state index is 5.95. The lowest BCUT2D eigenvalue weighted by Crippen LogP contribution is -2.02. The van der Waals surface area contributed by atoms with Crippen LogP contribution in [0.3, 0.4) is 0 Å². The Kier molecular flexibility index (Phi) is 1.66. The van der Waals surface area contributed by atoms with Crippen molar-refractivity contribution >= 4 is 17.8 Å². The summed E-state index contributed by atoms with van der Waals surface area (Å²) < 4.78 is 0. The van der Waals surface area contributed by atoms with E-state index in [0.717, 1.165) is 23.6 Å². The smallest absolute Gasteiger partial charge is 0.0496 e. The van der Waals surface area contributed by atoms with E-state index in [4.69, 9.17) is 11.6 Å². The van der Waals surface area contributed by atoms with Crippen molar-refractivity contribution in [2.75, 3.05) is 6.54 Å². The van der Waals surface area contributed by atoms with Crippen LogP contribution in [0.2, 0.25) is 5.02 Å². The topological polar surface area (TPSA) is 12.4 Å². The predicted molar refractivity (Wildman–Crippen MR) is 47.6 cm³/mol. The number of aliphatic imine (C=N–C) groups is 1. The Hall–Kier alpha value is -0.820. The molecule has 0 saturated heterocycles. The van der Waals surface area contributed by atoms with Gasteiger partial charge in [0.1, 0.15) is 0 Å². The summed E-state index contributed by atoms with van der Waals surface area (Å²) in [5, 5.41) is 0.811. The van der Waals surface area contributed by atoms with E-state index in [9.17, 15) is 0 Å². The van der Waals surface area contributed by atoms with Crippen LogP contribution in [0, 0.1) is 0 Å². The summed E-state index contributed by atoms with van der Waals surface area (Å²) in [6.07, 6.45) is 2.88. The SMILES string of the molecule is Clc1cccc2c1C=NCC2. The Bertz CT molecular complexity index is 304. The zero-order chi connectivity index (χ0) is 7.68. The van der Waals surface area contributed by atoms with Gasteiger partial charge >= 0.3 is 0 Å². The third-order valence-electron chi connectivity index (χ3n) is 1.87. The number of benzene rings is 1. The van der Waals surface area contributed by atoms with Gasteiger partial charge in [0.05, 0.1) is 0 Å². The third-order valence-corrected chi connectivity index (χ3v) is 2.20. The molecule has 0 aliphatic carbocycles. The lowest BCUT2D eigenvalue weighted by molar-refractivity contribution is 0.952. The van der Waals surface area contributed by atoms with Gasteiger partial charge in [-0.1, -0.05) is 23.7 Å². The van der Waals surface area contributed by atoms with Crippen molar-refractivity contribution in [1.82, 2.24) is 0 Å². The van der Waals surface area contributed by atoms with Crippen molar-refractivity contribution in [3.63, 3.8) is 0 Å². The maximum absolute atomic E-state index is 5.95. The molecule has 0 radical (unpaired) electrons. The molecular formula is C9H8ClN. The molecule has 0 fully saturated rings. The zero-order valence-corrected chi connectivity index (χ0v) is 6.80. The molecule has 2 heteroatoms. The first-order chi connectivity index (χ1) is 5.38. The van der Waals surface area contributed by atoms with E-state index in [0.29, 0.717) is 0 Å². The summed E-state index contributed by atoms with van der Waals surface area (Å²) in [4.78, 5) is 4.17. The molecule has 1 nitrogen and oxygen atoms in total. The molecule has 0 unspecified atom stereocenters. The quantitative estimate of drug-likeness (QED) is 0.560. The van der Waals surface area contributed by atoms with Crippen LogP contribution in [0.1, 0.15) is 11.1 Å². The highest BCUT2D eigenvalue weighted by Crippen LogP contribution is 2.20. The van der Waals surface area contributed by atoms with E-state index in [2.05, 4.69) is 11.1 Å². The van der Waals surface area contributed by atoms with Crippen molar-refractivity contribution in [3.05, 3.63) is 34.3 Å². The lowest BCUT2D eigenvalue weighted by atomic mass is 10.0. The first-order valence-electron chi connectivity index (χ1n) is 3.65. The largest absolute Gasteiger partial charge is 0.292 e. The summed E-state index contributed by atoms with van der Waals surface area (Å²) in [5.41, 5.74) is 2.41. The van der Waals surface area contributed by atoms with E-state index < -0.39 is 0 Å². The third kappa shape index (κ3) is 1.16. The molecule has 56 valence electrons. The molecule has 2 rings (SSSR count). The van der Waals surface area contributed by atoms with Crippen molar-refractivity contribution < 1.29 is 0 Å². The second-order valence-electron chi connectivity index (χ2n) is 2.60. The first-order valence-corrected chi connectivity index (χ1v) is 4.03. The van der Waals surface area contributed by atoms with Crippen molar-refractivity contribution in [2.45, 2.75) is 6.42 Å². The molecule has 0 saturated carbocycles. The van der Waals surface area contributed by atoms with Crippen molar-refractivity contribution in [3.8, 4) is 0 Å². The van der Waals surface area contributed by atoms with E-state index >= 15 is 0 Å². The maximum Gasteiger partial charge on any atom is 0.0496 e. The van der Waals surface area contributed by atoms with E-state index in [1.54, 1.807) is 0 Å². The number of nitrogens with zero attached hydrogens (tertiary/aromatic N) is 1. The average Bonchev–Trinajstić information content (AvgIpc) is 2.06. The van der Waals surface area contributed by atoms with E-state index in [1.807, 2.05) is 18.3 Å². The second kappa shape index (κ2) is 2.67. The van der Waals surface area contributed by atoms with Gasteiger partial charge in [0, 0.05) is 23.3 Å². The fraction of sp³-hybridized carbons (Fsp3) is 0.222. The van der Waals surface area contributed by atoms with Gasteiger partial charge in [0.2, 0.25) is 0 Å². The fourth-order valence-corrected chi connectivity index (χ4v) is 1.53. The van der Waals surface area contributed by atoms with Crippen LogP contribution < -0.4 is 0 Å². The minimum absolute atomic E-state index is 0.811. The van der Waals surface area contributed by atoms with Gasteiger partial charge in [-0.3, -0.25) is 4.99 Å². The van der Waals surface area contributed by atoms with Gasteiger partial charge in [-0.2, -0.15) is 0 Å². The molecule has 0 bridgehead atoms. The number of halogens is 1. The minimum Gasteiger partial charge on any atom is -0.292 e. The van der Waals surface area contributed by atoms with Crippen molar-refractivity contribution in [2.24, 2.45) is 4.99 Å². The van der Waals surface area contributed by atoms with Crippen molar-refractivity contribution in [1.29, 1.82) is 0 Å².